The van der Waals surface area contributed by atoms with Crippen LogP contribution in [0.3, 0.4) is 0 Å². The predicted octanol–water partition coefficient (Wildman–Crippen LogP) is 2.29. The Labute approximate surface area is 152 Å². The molecule has 0 spiro atoms. The molecule has 0 fully saturated rings. The summed E-state index contributed by atoms with van der Waals surface area (Å²) in [4.78, 5) is 28.8. The van der Waals surface area contributed by atoms with Gasteiger partial charge in [-0.3, -0.25) is 9.59 Å². The topological polar surface area (TPSA) is 73.6 Å². The molecular weight excluding hydrogens is 350 g/mol. The zero-order valence-electron chi connectivity index (χ0n) is 13.7. The van der Waals surface area contributed by atoms with Gasteiger partial charge in [0.2, 0.25) is 4.96 Å². The third-order valence-corrected chi connectivity index (χ3v) is 4.62. The Kier molecular flexibility index (Phi) is 4.06. The maximum atomic E-state index is 12.6. The largest absolute Gasteiger partial charge is 0.426 e. The molecule has 6 nitrogen and oxygen atoms in total. The van der Waals surface area contributed by atoms with E-state index < -0.39 is 5.97 Å². The number of fused-ring (bicyclic) bond motifs is 1. The Morgan fingerprint density at radius 2 is 1.85 bits per heavy atom. The van der Waals surface area contributed by atoms with Crippen molar-refractivity contribution in [1.82, 2.24) is 14.6 Å². The molecule has 7 heteroatoms. The second kappa shape index (κ2) is 6.53. The van der Waals surface area contributed by atoms with Gasteiger partial charge in [0.15, 0.2) is 5.82 Å². The van der Waals surface area contributed by atoms with E-state index in [1.165, 1.54) is 22.8 Å². The number of carbonyl (C=O) groups excluding carboxylic acids is 1. The first kappa shape index (κ1) is 16.2. The van der Waals surface area contributed by atoms with E-state index >= 15 is 0 Å². The molecule has 128 valence electrons. The van der Waals surface area contributed by atoms with Gasteiger partial charge in [-0.25, -0.2) is 0 Å². The van der Waals surface area contributed by atoms with Crippen LogP contribution >= 0.6 is 11.3 Å². The Balaban J connectivity index is 1.81. The Morgan fingerprint density at radius 3 is 2.58 bits per heavy atom. The predicted molar refractivity (Wildman–Crippen MR) is 99.1 cm³/mol. The van der Waals surface area contributed by atoms with Crippen molar-refractivity contribution in [1.29, 1.82) is 0 Å². The minimum Gasteiger partial charge on any atom is -0.426 e. The van der Waals surface area contributed by atoms with Crippen molar-refractivity contribution in [3.63, 3.8) is 0 Å². The van der Waals surface area contributed by atoms with E-state index in [2.05, 4.69) is 10.1 Å². The number of aromatic nitrogens is 3. The van der Waals surface area contributed by atoms with E-state index in [1.54, 1.807) is 24.3 Å². The number of nitrogens with zero attached hydrogens (tertiary/aromatic N) is 3. The van der Waals surface area contributed by atoms with Crippen molar-refractivity contribution in [3.05, 3.63) is 75.0 Å². The molecule has 2 heterocycles. The summed E-state index contributed by atoms with van der Waals surface area (Å²) in [6, 6.07) is 16.6. The lowest BCUT2D eigenvalue weighted by Crippen LogP contribution is -2.23. The second-order valence-corrected chi connectivity index (χ2v) is 6.56. The SMILES string of the molecule is CC(=O)Oc1ccccc1-c1nc2s/c(=C\c3ccccc3)c(=O)n2n1. The Morgan fingerprint density at radius 1 is 1.12 bits per heavy atom. The zero-order valence-corrected chi connectivity index (χ0v) is 14.6. The van der Waals surface area contributed by atoms with E-state index in [4.69, 9.17) is 4.74 Å². The standard InChI is InChI=1S/C19H13N3O3S/c1-12(23)25-15-10-6-5-9-14(15)17-20-19-22(21-17)18(24)16(26-19)11-13-7-3-2-4-8-13/h2-11H,1H3/b16-11-. The molecule has 0 bridgehead atoms. The van der Waals surface area contributed by atoms with E-state index in [1.807, 2.05) is 36.4 Å². The third kappa shape index (κ3) is 3.00. The van der Waals surface area contributed by atoms with Crippen LogP contribution < -0.4 is 14.8 Å². The minimum absolute atomic E-state index is 0.224. The molecule has 0 atom stereocenters. The third-order valence-electron chi connectivity index (χ3n) is 3.66. The van der Waals surface area contributed by atoms with Crippen molar-refractivity contribution in [3.8, 4) is 17.1 Å². The van der Waals surface area contributed by atoms with Gasteiger partial charge in [-0.15, -0.1) is 5.10 Å². The molecule has 4 rings (SSSR count). The first-order valence-corrected chi connectivity index (χ1v) is 8.67. The van der Waals surface area contributed by atoms with Gasteiger partial charge in [0.1, 0.15) is 5.75 Å². The van der Waals surface area contributed by atoms with Crippen LogP contribution in [0.4, 0.5) is 0 Å². The van der Waals surface area contributed by atoms with Crippen molar-refractivity contribution in [2.75, 3.05) is 0 Å². The highest BCUT2D eigenvalue weighted by Gasteiger charge is 2.16. The van der Waals surface area contributed by atoms with Crippen LogP contribution in [0.25, 0.3) is 22.4 Å². The normalized spacial score (nSPS) is 11.8. The molecule has 0 saturated carbocycles. The first-order chi connectivity index (χ1) is 12.6. The average Bonchev–Trinajstić information content (AvgIpc) is 3.16. The number of benzene rings is 2. The van der Waals surface area contributed by atoms with Crippen LogP contribution in [0.1, 0.15) is 12.5 Å². The van der Waals surface area contributed by atoms with Gasteiger partial charge >= 0.3 is 5.97 Å². The lowest BCUT2D eigenvalue weighted by molar-refractivity contribution is -0.131. The summed E-state index contributed by atoms with van der Waals surface area (Å²) in [5.41, 5.74) is 1.28. The Bertz CT molecular complexity index is 1210. The molecule has 0 N–H and O–H groups in total. The summed E-state index contributed by atoms with van der Waals surface area (Å²) in [6.07, 6.45) is 1.82. The molecular formula is C19H13N3O3S. The maximum Gasteiger partial charge on any atom is 0.308 e. The van der Waals surface area contributed by atoms with E-state index in [0.29, 0.717) is 26.6 Å². The molecule has 26 heavy (non-hydrogen) atoms. The first-order valence-electron chi connectivity index (χ1n) is 7.86. The van der Waals surface area contributed by atoms with Gasteiger partial charge in [-0.05, 0) is 23.8 Å². The lowest BCUT2D eigenvalue weighted by Gasteiger charge is -2.04. The number of carbonyl (C=O) groups is 1. The fourth-order valence-electron chi connectivity index (χ4n) is 2.54. The van der Waals surface area contributed by atoms with Crippen LogP contribution in [0.15, 0.2) is 59.4 Å². The summed E-state index contributed by atoms with van der Waals surface area (Å²) in [5, 5.41) is 4.30. The summed E-state index contributed by atoms with van der Waals surface area (Å²) < 4.78 is 7.03. The van der Waals surface area contributed by atoms with Crippen molar-refractivity contribution in [2.45, 2.75) is 6.92 Å². The summed E-state index contributed by atoms with van der Waals surface area (Å²) in [7, 11) is 0. The van der Waals surface area contributed by atoms with Crippen molar-refractivity contribution >= 4 is 28.3 Å². The van der Waals surface area contributed by atoms with Crippen molar-refractivity contribution in [2.24, 2.45) is 0 Å². The molecule has 0 unspecified atom stereocenters. The highest BCUT2D eigenvalue weighted by atomic mass is 32.1. The summed E-state index contributed by atoms with van der Waals surface area (Å²) >= 11 is 1.27. The molecule has 2 aromatic heterocycles. The molecule has 0 aliphatic heterocycles. The lowest BCUT2D eigenvalue weighted by atomic mass is 10.2. The number of esters is 1. The fraction of sp³-hybridized carbons (Fsp3) is 0.0526. The van der Waals surface area contributed by atoms with E-state index in [0.717, 1.165) is 5.56 Å². The van der Waals surface area contributed by atoms with Crippen LogP contribution in [0, 0.1) is 0 Å². The summed E-state index contributed by atoms with van der Waals surface area (Å²) in [6.45, 7) is 1.33. The number of thiazole rings is 1. The average molecular weight is 363 g/mol. The Hall–Kier alpha value is -3.32. The van der Waals surface area contributed by atoms with E-state index in [9.17, 15) is 9.59 Å². The second-order valence-electron chi connectivity index (χ2n) is 5.55. The van der Waals surface area contributed by atoms with Crippen LogP contribution in [0.5, 0.6) is 5.75 Å². The highest BCUT2D eigenvalue weighted by Crippen LogP contribution is 2.27. The van der Waals surface area contributed by atoms with Crippen LogP contribution in [0.2, 0.25) is 0 Å². The van der Waals surface area contributed by atoms with Gasteiger partial charge in [-0.1, -0.05) is 53.8 Å². The number of ether oxygens (including phenoxy) is 1. The molecule has 0 aliphatic rings. The molecule has 2 aromatic carbocycles. The van der Waals surface area contributed by atoms with Crippen LogP contribution in [-0.4, -0.2) is 20.6 Å². The molecule has 0 aliphatic carbocycles. The number of hydrogen-bond donors (Lipinski definition) is 0. The highest BCUT2D eigenvalue weighted by molar-refractivity contribution is 7.15. The molecule has 0 radical (unpaired) electrons. The van der Waals surface area contributed by atoms with Crippen LogP contribution in [-0.2, 0) is 4.79 Å². The molecule has 0 saturated heterocycles. The number of rotatable bonds is 3. The van der Waals surface area contributed by atoms with Gasteiger partial charge in [0.05, 0.1) is 10.1 Å². The van der Waals surface area contributed by atoms with Gasteiger partial charge in [0.25, 0.3) is 5.56 Å². The van der Waals surface area contributed by atoms with Crippen molar-refractivity contribution < 1.29 is 9.53 Å². The molecule has 4 aromatic rings. The fourth-order valence-corrected chi connectivity index (χ4v) is 3.45. The minimum atomic E-state index is -0.428. The summed E-state index contributed by atoms with van der Waals surface area (Å²) in [5.74, 6) is 0.279. The zero-order chi connectivity index (χ0) is 18.1. The monoisotopic (exact) mass is 363 g/mol. The smallest absolute Gasteiger partial charge is 0.308 e. The van der Waals surface area contributed by atoms with Gasteiger partial charge in [-0.2, -0.15) is 9.50 Å². The maximum absolute atomic E-state index is 12.6. The molecule has 0 amide bonds. The van der Waals surface area contributed by atoms with E-state index in [-0.39, 0.29) is 5.56 Å². The number of para-hydroxylation sites is 1. The number of hydrogen-bond acceptors (Lipinski definition) is 6. The van der Waals surface area contributed by atoms with Gasteiger partial charge in [0, 0.05) is 6.92 Å². The van der Waals surface area contributed by atoms with Gasteiger partial charge < -0.3 is 4.74 Å². The quantitative estimate of drug-likeness (QED) is 0.412.